The number of carbonyl (C=O) groups is 1. The summed E-state index contributed by atoms with van der Waals surface area (Å²) in [5, 5.41) is 17.5. The van der Waals surface area contributed by atoms with E-state index >= 15 is 0 Å². The SMILES string of the molecule is N[C@@H]1CCCC[C@H]1N.O=C(O)c1cc(S(=O)(=O)O)ccc1O.[Pt]. The van der Waals surface area contributed by atoms with E-state index in [-0.39, 0.29) is 33.1 Å². The Labute approximate surface area is 148 Å². The van der Waals surface area contributed by atoms with Crippen LogP contribution >= 0.6 is 0 Å². The van der Waals surface area contributed by atoms with Crippen LogP contribution in [0.4, 0.5) is 0 Å². The topological polar surface area (TPSA) is 164 Å². The largest absolute Gasteiger partial charge is 0.507 e. The van der Waals surface area contributed by atoms with Crippen molar-refractivity contribution >= 4 is 16.1 Å². The van der Waals surface area contributed by atoms with Gasteiger partial charge < -0.3 is 21.7 Å². The van der Waals surface area contributed by atoms with Crippen LogP contribution in [0.2, 0.25) is 0 Å². The molecule has 7 N–H and O–H groups in total. The quantitative estimate of drug-likeness (QED) is 0.348. The van der Waals surface area contributed by atoms with Crippen LogP contribution in [0.25, 0.3) is 0 Å². The van der Waals surface area contributed by atoms with E-state index in [1.807, 2.05) is 0 Å². The summed E-state index contributed by atoms with van der Waals surface area (Å²) in [7, 11) is -4.45. The van der Waals surface area contributed by atoms with Crippen LogP contribution < -0.4 is 11.5 Å². The summed E-state index contributed by atoms with van der Waals surface area (Å²) in [6.07, 6.45) is 4.80. The average molecular weight is 527 g/mol. The Morgan fingerprint density at radius 1 is 1.13 bits per heavy atom. The molecule has 10 heteroatoms. The van der Waals surface area contributed by atoms with Gasteiger partial charge in [0.15, 0.2) is 0 Å². The van der Waals surface area contributed by atoms with Crippen LogP contribution in [0.15, 0.2) is 23.1 Å². The van der Waals surface area contributed by atoms with Crippen molar-refractivity contribution in [3.8, 4) is 5.75 Å². The molecule has 0 amide bonds. The van der Waals surface area contributed by atoms with Gasteiger partial charge in [0, 0.05) is 33.1 Å². The number of hydrogen-bond donors (Lipinski definition) is 5. The summed E-state index contributed by atoms with van der Waals surface area (Å²) in [6.45, 7) is 0. The van der Waals surface area contributed by atoms with Gasteiger partial charge in [0.2, 0.25) is 0 Å². The molecule has 0 saturated heterocycles. The minimum atomic E-state index is -4.45. The first-order valence-electron chi connectivity index (χ1n) is 6.68. The molecule has 1 saturated carbocycles. The van der Waals surface area contributed by atoms with Crippen molar-refractivity contribution in [3.63, 3.8) is 0 Å². The molecule has 1 aliphatic rings. The normalized spacial score (nSPS) is 20.7. The van der Waals surface area contributed by atoms with Crippen molar-refractivity contribution < 1.29 is 49.0 Å². The van der Waals surface area contributed by atoms with Gasteiger partial charge >= 0.3 is 5.97 Å². The monoisotopic (exact) mass is 527 g/mol. The third-order valence-corrected chi connectivity index (χ3v) is 4.22. The van der Waals surface area contributed by atoms with Gasteiger partial charge in [-0.15, -0.1) is 0 Å². The van der Waals surface area contributed by atoms with Crippen LogP contribution in [0, 0.1) is 0 Å². The van der Waals surface area contributed by atoms with E-state index in [1.165, 1.54) is 12.8 Å². The predicted molar refractivity (Wildman–Crippen MR) is 79.3 cm³/mol. The molecule has 0 radical (unpaired) electrons. The fraction of sp³-hybridized carbons (Fsp3) is 0.462. The molecule has 1 aliphatic carbocycles. The molecule has 0 unspecified atom stereocenters. The van der Waals surface area contributed by atoms with Crippen molar-refractivity contribution in [2.45, 2.75) is 42.7 Å². The maximum atomic E-state index is 10.6. The molecule has 23 heavy (non-hydrogen) atoms. The Balaban J connectivity index is 0.000000460. The zero-order chi connectivity index (χ0) is 16.9. The number of hydrogen-bond acceptors (Lipinski definition) is 6. The van der Waals surface area contributed by atoms with Gasteiger partial charge in [0.05, 0.1) is 4.90 Å². The second kappa shape index (κ2) is 9.34. The summed E-state index contributed by atoms with van der Waals surface area (Å²) in [5.74, 6) is -2.04. The summed E-state index contributed by atoms with van der Waals surface area (Å²) < 4.78 is 29.8. The van der Waals surface area contributed by atoms with E-state index < -0.39 is 32.3 Å². The van der Waals surface area contributed by atoms with Crippen LogP contribution in [-0.4, -0.2) is 41.2 Å². The Hall–Kier alpha value is -0.992. The van der Waals surface area contributed by atoms with Gasteiger partial charge in [-0.05, 0) is 31.0 Å². The third-order valence-electron chi connectivity index (χ3n) is 3.37. The molecule has 1 fully saturated rings. The minimum Gasteiger partial charge on any atom is -0.507 e. The fourth-order valence-corrected chi connectivity index (χ4v) is 2.54. The Kier molecular flexibility index (Phi) is 8.94. The molecule has 1 aromatic rings. The molecule has 1 aromatic carbocycles. The van der Waals surface area contributed by atoms with Crippen molar-refractivity contribution in [1.29, 1.82) is 0 Å². The number of nitrogens with two attached hydrogens (primary N) is 2. The van der Waals surface area contributed by atoms with E-state index in [0.717, 1.165) is 25.0 Å². The van der Waals surface area contributed by atoms with Gasteiger partial charge in [-0.25, -0.2) is 4.79 Å². The van der Waals surface area contributed by atoms with E-state index in [2.05, 4.69) is 0 Å². The first kappa shape index (κ1) is 22.0. The standard InChI is InChI=1S/C7H6O6S.C6H14N2.Pt/c8-6-2-1-4(14(11,12)13)3-5(6)7(9)10;7-5-3-1-2-4-6(5)8;/h1-3,8H,(H,9,10)(H,11,12,13);5-6H,1-4,7-8H2;/t;5-,6-;/m.1./s1. The van der Waals surface area contributed by atoms with E-state index in [9.17, 15) is 13.2 Å². The first-order chi connectivity index (χ1) is 10.1. The summed E-state index contributed by atoms with van der Waals surface area (Å²) in [6, 6.07) is 3.02. The molecule has 0 spiro atoms. The molecular formula is C13H20N2O6PtS. The van der Waals surface area contributed by atoms with Crippen molar-refractivity contribution in [1.82, 2.24) is 0 Å². The molecule has 0 bridgehead atoms. The number of rotatable bonds is 2. The Morgan fingerprint density at radius 3 is 1.96 bits per heavy atom. The van der Waals surface area contributed by atoms with E-state index in [0.29, 0.717) is 6.07 Å². The first-order valence-corrected chi connectivity index (χ1v) is 8.12. The number of phenols is 1. The molecule has 134 valence electrons. The second-order valence-corrected chi connectivity index (χ2v) is 6.49. The maximum Gasteiger partial charge on any atom is 0.339 e. The van der Waals surface area contributed by atoms with Gasteiger partial charge in [-0.2, -0.15) is 8.42 Å². The van der Waals surface area contributed by atoms with Gasteiger partial charge in [0.1, 0.15) is 11.3 Å². The number of aromatic carboxylic acids is 1. The Morgan fingerprint density at radius 2 is 1.61 bits per heavy atom. The van der Waals surface area contributed by atoms with Crippen LogP contribution in [0.5, 0.6) is 5.75 Å². The molecule has 0 aliphatic heterocycles. The number of aromatic hydroxyl groups is 1. The maximum absolute atomic E-state index is 10.6. The van der Waals surface area contributed by atoms with Crippen LogP contribution in [0.3, 0.4) is 0 Å². The summed E-state index contributed by atoms with van der Waals surface area (Å²) >= 11 is 0. The zero-order valence-corrected chi connectivity index (χ0v) is 15.2. The van der Waals surface area contributed by atoms with Crippen LogP contribution in [-0.2, 0) is 31.2 Å². The minimum absolute atomic E-state index is 0. The fourth-order valence-electron chi connectivity index (χ4n) is 2.04. The smallest absolute Gasteiger partial charge is 0.339 e. The average Bonchev–Trinajstić information content (AvgIpc) is 2.42. The molecule has 2 rings (SSSR count). The van der Waals surface area contributed by atoms with Gasteiger partial charge in [-0.1, -0.05) is 12.8 Å². The third kappa shape index (κ3) is 6.97. The molecule has 8 nitrogen and oxygen atoms in total. The second-order valence-electron chi connectivity index (χ2n) is 5.07. The molecule has 0 aromatic heterocycles. The van der Waals surface area contributed by atoms with Crippen molar-refractivity contribution in [3.05, 3.63) is 23.8 Å². The summed E-state index contributed by atoms with van der Waals surface area (Å²) in [4.78, 5) is 9.89. The molecule has 2 atom stereocenters. The number of carboxylic acids is 1. The molecule has 0 heterocycles. The van der Waals surface area contributed by atoms with E-state index in [1.54, 1.807) is 0 Å². The number of carboxylic acid groups (broad SMARTS) is 1. The molecular weight excluding hydrogens is 507 g/mol. The van der Waals surface area contributed by atoms with E-state index in [4.69, 9.17) is 26.2 Å². The van der Waals surface area contributed by atoms with Crippen molar-refractivity contribution in [2.24, 2.45) is 11.5 Å². The van der Waals surface area contributed by atoms with Gasteiger partial charge in [0.25, 0.3) is 10.1 Å². The Bertz CT molecular complexity index is 627. The summed E-state index contributed by atoms with van der Waals surface area (Å²) in [5.41, 5.74) is 10.7. The van der Waals surface area contributed by atoms with Gasteiger partial charge in [-0.3, -0.25) is 4.55 Å². The zero-order valence-electron chi connectivity index (χ0n) is 12.2. The van der Waals surface area contributed by atoms with Crippen molar-refractivity contribution in [2.75, 3.05) is 0 Å². The van der Waals surface area contributed by atoms with Crippen LogP contribution in [0.1, 0.15) is 36.0 Å². The predicted octanol–water partition coefficient (Wildman–Crippen LogP) is 0.550. The number of benzene rings is 1.